The van der Waals surface area contributed by atoms with E-state index in [2.05, 4.69) is 20.1 Å². The molecule has 52 valence electrons. The minimum atomic E-state index is 0. The Balaban J connectivity index is 0. The van der Waals surface area contributed by atoms with E-state index in [-0.39, 0.29) is 7.43 Å². The van der Waals surface area contributed by atoms with Gasteiger partial charge in [0.05, 0.1) is 0 Å². The van der Waals surface area contributed by atoms with Gasteiger partial charge in [0.25, 0.3) is 0 Å². The van der Waals surface area contributed by atoms with Gasteiger partial charge in [-0.3, -0.25) is 0 Å². The van der Waals surface area contributed by atoms with Crippen LogP contribution in [0.25, 0.3) is 0 Å². The molecule has 0 aromatic carbocycles. The van der Waals surface area contributed by atoms with Crippen LogP contribution in [0.15, 0.2) is 37.0 Å². The van der Waals surface area contributed by atoms with Crippen LogP contribution < -0.4 is 0 Å². The van der Waals surface area contributed by atoms with Crippen molar-refractivity contribution >= 4 is 0 Å². The number of allylic oxidation sites excluding steroid dienone is 4. The average Bonchev–Trinajstić information content (AvgIpc) is 1.83. The summed E-state index contributed by atoms with van der Waals surface area (Å²) in [7, 11) is 0. The fourth-order valence-electron chi connectivity index (χ4n) is 0.322. The van der Waals surface area contributed by atoms with Crippen LogP contribution in [0.3, 0.4) is 0 Å². The minimum Gasteiger partial charge on any atom is -0.0991 e. The molecule has 0 N–H and O–H groups in total. The zero-order chi connectivity index (χ0) is 6.41. The quantitative estimate of drug-likeness (QED) is 0.506. The van der Waals surface area contributed by atoms with Crippen LogP contribution in [0.5, 0.6) is 0 Å². The van der Waals surface area contributed by atoms with Crippen molar-refractivity contribution in [3.05, 3.63) is 37.0 Å². The van der Waals surface area contributed by atoms with Gasteiger partial charge in [-0.1, -0.05) is 51.3 Å². The molecule has 0 aromatic rings. The van der Waals surface area contributed by atoms with Crippen LogP contribution in [-0.2, 0) is 0 Å². The maximum Gasteiger partial charge on any atom is -0.0313 e. The lowest BCUT2D eigenvalue weighted by Gasteiger charge is -1.86. The molecule has 0 aliphatic heterocycles. The summed E-state index contributed by atoms with van der Waals surface area (Å²) in [4.78, 5) is 0. The first-order valence-corrected chi connectivity index (χ1v) is 2.78. The Labute approximate surface area is 58.6 Å². The van der Waals surface area contributed by atoms with E-state index >= 15 is 0 Å². The smallest absolute Gasteiger partial charge is 0.0313 e. The van der Waals surface area contributed by atoms with Crippen molar-refractivity contribution in [3.8, 4) is 0 Å². The fourth-order valence-corrected chi connectivity index (χ4v) is 0.322. The second kappa shape index (κ2) is 7.22. The van der Waals surface area contributed by atoms with Crippen molar-refractivity contribution in [1.29, 1.82) is 0 Å². The normalized spacial score (nSPS) is 8.56. The Morgan fingerprint density at radius 1 is 1.56 bits per heavy atom. The van der Waals surface area contributed by atoms with Crippen LogP contribution in [0.4, 0.5) is 0 Å². The third-order valence-electron chi connectivity index (χ3n) is 0.922. The minimum absolute atomic E-state index is 0. The summed E-state index contributed by atoms with van der Waals surface area (Å²) < 4.78 is 0. The molecule has 9 heavy (non-hydrogen) atoms. The van der Waals surface area contributed by atoms with E-state index in [1.54, 1.807) is 6.08 Å². The molecule has 0 rings (SSSR count). The van der Waals surface area contributed by atoms with E-state index in [9.17, 15) is 0 Å². The Morgan fingerprint density at radius 2 is 2.11 bits per heavy atom. The van der Waals surface area contributed by atoms with Crippen LogP contribution >= 0.6 is 0 Å². The Bertz CT molecular complexity index is 107. The summed E-state index contributed by atoms with van der Waals surface area (Å²) in [6, 6.07) is 0. The molecule has 0 amide bonds. The lowest BCUT2D eigenvalue weighted by molar-refractivity contribution is 1.16. The zero-order valence-electron chi connectivity index (χ0n) is 5.35. The molecule has 0 nitrogen and oxygen atoms in total. The molecule has 0 unspecified atom stereocenters. The van der Waals surface area contributed by atoms with Crippen molar-refractivity contribution in [2.24, 2.45) is 0 Å². The predicted octanol–water partition coefficient (Wildman–Crippen LogP) is 3.33. The molecule has 0 heterocycles. The fraction of sp³-hybridized carbons (Fsp3) is 0.333. The molecular formula is C9H16. The Morgan fingerprint density at radius 3 is 2.44 bits per heavy atom. The van der Waals surface area contributed by atoms with Crippen molar-refractivity contribution in [1.82, 2.24) is 0 Å². The molecule has 0 bridgehead atoms. The van der Waals surface area contributed by atoms with Gasteiger partial charge in [-0.05, 0) is 6.42 Å². The summed E-state index contributed by atoms with van der Waals surface area (Å²) in [6.07, 6.45) is 6.63. The second-order valence-corrected chi connectivity index (χ2v) is 1.61. The van der Waals surface area contributed by atoms with E-state index in [0.29, 0.717) is 0 Å². The first-order chi connectivity index (χ1) is 3.81. The molecule has 0 aliphatic carbocycles. The summed E-state index contributed by atoms with van der Waals surface area (Å²) in [5.74, 6) is 0. The molecule has 0 atom stereocenters. The van der Waals surface area contributed by atoms with E-state index in [4.69, 9.17) is 0 Å². The van der Waals surface area contributed by atoms with Gasteiger partial charge in [-0.25, -0.2) is 0 Å². The summed E-state index contributed by atoms with van der Waals surface area (Å²) in [5.41, 5.74) is 1.14. The lowest BCUT2D eigenvalue weighted by atomic mass is 10.2. The first-order valence-electron chi connectivity index (χ1n) is 2.78. The van der Waals surface area contributed by atoms with Crippen molar-refractivity contribution < 1.29 is 0 Å². The van der Waals surface area contributed by atoms with E-state index in [0.717, 1.165) is 12.0 Å². The van der Waals surface area contributed by atoms with Gasteiger partial charge >= 0.3 is 0 Å². The van der Waals surface area contributed by atoms with Crippen LogP contribution in [-0.4, -0.2) is 0 Å². The number of hydrogen-bond donors (Lipinski definition) is 0. The molecular weight excluding hydrogens is 108 g/mol. The number of hydrogen-bond acceptors (Lipinski definition) is 0. The monoisotopic (exact) mass is 124 g/mol. The Hall–Kier alpha value is -0.780. The summed E-state index contributed by atoms with van der Waals surface area (Å²) in [6.45, 7) is 9.39. The summed E-state index contributed by atoms with van der Waals surface area (Å²) >= 11 is 0. The molecule has 0 saturated heterocycles. The molecule has 0 aromatic heterocycles. The van der Waals surface area contributed by atoms with Gasteiger partial charge < -0.3 is 0 Å². The lowest BCUT2D eigenvalue weighted by Crippen LogP contribution is -1.65. The third-order valence-corrected chi connectivity index (χ3v) is 0.922. The maximum atomic E-state index is 3.78. The van der Waals surface area contributed by atoms with E-state index in [1.807, 2.05) is 12.2 Å². The van der Waals surface area contributed by atoms with Crippen molar-refractivity contribution in [3.63, 3.8) is 0 Å². The highest BCUT2D eigenvalue weighted by molar-refractivity contribution is 5.17. The van der Waals surface area contributed by atoms with Gasteiger partial charge in [-0.15, -0.1) is 0 Å². The van der Waals surface area contributed by atoms with E-state index in [1.165, 1.54) is 0 Å². The second-order valence-electron chi connectivity index (χ2n) is 1.61. The van der Waals surface area contributed by atoms with E-state index < -0.39 is 0 Å². The number of rotatable bonds is 3. The molecule has 0 aliphatic rings. The van der Waals surface area contributed by atoms with Crippen LogP contribution in [0.1, 0.15) is 20.8 Å². The maximum absolute atomic E-state index is 3.78. The molecule has 0 saturated carbocycles. The standard InChI is InChI=1S/C8H12.CH4/c1-4-6-7-8(3)5-2;/h4,6-7H,1,3,5H2,2H3;1H4/b7-6-;. The summed E-state index contributed by atoms with van der Waals surface area (Å²) in [5, 5.41) is 0. The SMILES string of the molecule is C.C=C/C=C\C(=C)CC. The van der Waals surface area contributed by atoms with Crippen molar-refractivity contribution in [2.45, 2.75) is 20.8 Å². The van der Waals surface area contributed by atoms with Gasteiger partial charge in [0.15, 0.2) is 0 Å². The molecule has 0 spiro atoms. The van der Waals surface area contributed by atoms with Gasteiger partial charge in [-0.2, -0.15) is 0 Å². The largest absolute Gasteiger partial charge is 0.0991 e. The third kappa shape index (κ3) is 7.22. The highest BCUT2D eigenvalue weighted by atomic mass is 13.8. The van der Waals surface area contributed by atoms with Gasteiger partial charge in [0, 0.05) is 0 Å². The van der Waals surface area contributed by atoms with Crippen molar-refractivity contribution in [2.75, 3.05) is 0 Å². The highest BCUT2D eigenvalue weighted by Crippen LogP contribution is 1.96. The topological polar surface area (TPSA) is 0 Å². The van der Waals surface area contributed by atoms with Gasteiger partial charge in [0.1, 0.15) is 0 Å². The Kier molecular flexibility index (Phi) is 8.89. The molecule has 0 fully saturated rings. The van der Waals surface area contributed by atoms with Crippen LogP contribution in [0, 0.1) is 0 Å². The molecule has 0 radical (unpaired) electrons. The zero-order valence-corrected chi connectivity index (χ0v) is 5.35. The average molecular weight is 124 g/mol. The van der Waals surface area contributed by atoms with Crippen LogP contribution in [0.2, 0.25) is 0 Å². The first kappa shape index (κ1) is 11.1. The van der Waals surface area contributed by atoms with Gasteiger partial charge in [0.2, 0.25) is 0 Å². The highest BCUT2D eigenvalue weighted by Gasteiger charge is 1.75. The predicted molar refractivity (Wildman–Crippen MR) is 45.5 cm³/mol. The molecule has 0 heteroatoms.